The third kappa shape index (κ3) is 3.68. The quantitative estimate of drug-likeness (QED) is 0.472. The molecule has 2 rings (SSSR count). The van der Waals surface area contributed by atoms with E-state index in [9.17, 15) is 4.39 Å². The van der Waals surface area contributed by atoms with Gasteiger partial charge in [-0.1, -0.05) is 18.2 Å². The molecule has 0 aromatic heterocycles. The number of hydrogen-bond donors (Lipinski definition) is 2. The molecule has 0 spiro atoms. The smallest absolute Gasteiger partial charge is 0.124 e. The first-order valence-electron chi connectivity index (χ1n) is 6.18. The molecule has 106 valence electrons. The SMILES string of the molecule is COc1cccc(CC(NN)c2ccc(F)cc2I)c1. The van der Waals surface area contributed by atoms with Gasteiger partial charge in [-0.15, -0.1) is 0 Å². The predicted octanol–water partition coefficient (Wildman–Crippen LogP) is 3.19. The van der Waals surface area contributed by atoms with Gasteiger partial charge >= 0.3 is 0 Å². The minimum atomic E-state index is -0.240. The van der Waals surface area contributed by atoms with Gasteiger partial charge in [0.2, 0.25) is 0 Å². The first kappa shape index (κ1) is 15.2. The molecule has 2 aromatic rings. The number of halogens is 2. The Hall–Kier alpha value is -1.18. The zero-order valence-electron chi connectivity index (χ0n) is 11.1. The van der Waals surface area contributed by atoms with Crippen molar-refractivity contribution in [3.63, 3.8) is 0 Å². The highest BCUT2D eigenvalue weighted by atomic mass is 127. The van der Waals surface area contributed by atoms with E-state index < -0.39 is 0 Å². The second-order valence-corrected chi connectivity index (χ2v) is 5.60. The number of hydrogen-bond acceptors (Lipinski definition) is 3. The van der Waals surface area contributed by atoms with E-state index in [2.05, 4.69) is 28.0 Å². The van der Waals surface area contributed by atoms with Gasteiger partial charge in [-0.05, 0) is 64.4 Å². The fourth-order valence-corrected chi connectivity index (χ4v) is 2.93. The van der Waals surface area contributed by atoms with E-state index >= 15 is 0 Å². The molecule has 1 atom stereocenters. The van der Waals surface area contributed by atoms with Gasteiger partial charge in [0.1, 0.15) is 11.6 Å². The van der Waals surface area contributed by atoms with Crippen molar-refractivity contribution in [3.05, 3.63) is 63.0 Å². The normalized spacial score (nSPS) is 12.2. The van der Waals surface area contributed by atoms with Crippen molar-refractivity contribution in [3.8, 4) is 5.75 Å². The Bertz CT molecular complexity index is 592. The van der Waals surface area contributed by atoms with Crippen LogP contribution in [-0.4, -0.2) is 7.11 Å². The largest absolute Gasteiger partial charge is 0.497 e. The van der Waals surface area contributed by atoms with Gasteiger partial charge in [-0.25, -0.2) is 4.39 Å². The predicted molar refractivity (Wildman–Crippen MR) is 85.9 cm³/mol. The molecule has 1 unspecified atom stereocenters. The van der Waals surface area contributed by atoms with Crippen molar-refractivity contribution in [2.75, 3.05) is 7.11 Å². The topological polar surface area (TPSA) is 47.3 Å². The van der Waals surface area contributed by atoms with Gasteiger partial charge < -0.3 is 4.74 Å². The van der Waals surface area contributed by atoms with E-state index in [1.54, 1.807) is 13.2 Å². The number of nitrogens with one attached hydrogen (secondary N) is 1. The second-order valence-electron chi connectivity index (χ2n) is 4.44. The molecule has 0 bridgehead atoms. The Kier molecular flexibility index (Phi) is 5.33. The third-order valence-electron chi connectivity index (χ3n) is 3.11. The number of nitrogens with two attached hydrogens (primary N) is 1. The molecule has 5 heteroatoms. The van der Waals surface area contributed by atoms with Crippen LogP contribution in [0.5, 0.6) is 5.75 Å². The number of rotatable bonds is 5. The van der Waals surface area contributed by atoms with Crippen molar-refractivity contribution in [2.45, 2.75) is 12.5 Å². The van der Waals surface area contributed by atoms with Crippen molar-refractivity contribution in [1.82, 2.24) is 5.43 Å². The van der Waals surface area contributed by atoms with Gasteiger partial charge in [-0.2, -0.15) is 0 Å². The van der Waals surface area contributed by atoms with Crippen LogP contribution in [-0.2, 0) is 6.42 Å². The summed E-state index contributed by atoms with van der Waals surface area (Å²) in [4.78, 5) is 0. The van der Waals surface area contributed by atoms with E-state index in [0.29, 0.717) is 6.42 Å². The Morgan fingerprint density at radius 1 is 1.30 bits per heavy atom. The molecule has 0 saturated heterocycles. The van der Waals surface area contributed by atoms with Crippen molar-refractivity contribution in [2.24, 2.45) is 5.84 Å². The maximum absolute atomic E-state index is 13.2. The lowest BCUT2D eigenvalue weighted by Crippen LogP contribution is -2.30. The summed E-state index contributed by atoms with van der Waals surface area (Å²) < 4.78 is 19.2. The maximum atomic E-state index is 13.2. The third-order valence-corrected chi connectivity index (χ3v) is 4.05. The monoisotopic (exact) mass is 386 g/mol. The van der Waals surface area contributed by atoms with Gasteiger partial charge in [0, 0.05) is 3.57 Å². The molecule has 20 heavy (non-hydrogen) atoms. The molecule has 0 saturated carbocycles. The Morgan fingerprint density at radius 2 is 2.10 bits per heavy atom. The van der Waals surface area contributed by atoms with E-state index in [-0.39, 0.29) is 11.9 Å². The summed E-state index contributed by atoms with van der Waals surface area (Å²) in [6, 6.07) is 12.5. The first-order valence-corrected chi connectivity index (χ1v) is 7.26. The Labute approximate surface area is 131 Å². The fourth-order valence-electron chi connectivity index (χ4n) is 2.08. The summed E-state index contributed by atoms with van der Waals surface area (Å²) in [5.41, 5.74) is 4.88. The second kappa shape index (κ2) is 7.01. The molecule has 0 aliphatic heterocycles. The first-order chi connectivity index (χ1) is 9.63. The van der Waals surface area contributed by atoms with Crippen LogP contribution in [0.25, 0.3) is 0 Å². The van der Waals surface area contributed by atoms with E-state index in [1.807, 2.05) is 24.3 Å². The molecule has 3 N–H and O–H groups in total. The average molecular weight is 386 g/mol. The summed E-state index contributed by atoms with van der Waals surface area (Å²) in [5.74, 6) is 6.22. The van der Waals surface area contributed by atoms with E-state index in [0.717, 1.165) is 20.4 Å². The highest BCUT2D eigenvalue weighted by Gasteiger charge is 2.14. The van der Waals surface area contributed by atoms with Crippen molar-refractivity contribution >= 4 is 22.6 Å². The summed E-state index contributed by atoms with van der Waals surface area (Å²) in [6.45, 7) is 0. The van der Waals surface area contributed by atoms with Gasteiger partial charge in [0.15, 0.2) is 0 Å². The summed E-state index contributed by atoms with van der Waals surface area (Å²) in [7, 11) is 1.64. The maximum Gasteiger partial charge on any atom is 0.124 e. The Balaban J connectivity index is 2.23. The lowest BCUT2D eigenvalue weighted by molar-refractivity contribution is 0.414. The van der Waals surface area contributed by atoms with E-state index in [1.165, 1.54) is 12.1 Å². The molecule has 0 radical (unpaired) electrons. The summed E-state index contributed by atoms with van der Waals surface area (Å²) in [6.07, 6.45) is 0.704. The number of methoxy groups -OCH3 is 1. The molecule has 2 aromatic carbocycles. The van der Waals surface area contributed by atoms with Crippen molar-refractivity contribution in [1.29, 1.82) is 0 Å². The van der Waals surface area contributed by atoms with Gasteiger partial charge in [0.25, 0.3) is 0 Å². The molecule has 0 amide bonds. The summed E-state index contributed by atoms with van der Waals surface area (Å²) in [5, 5.41) is 0. The molecule has 0 aliphatic carbocycles. The fraction of sp³-hybridized carbons (Fsp3) is 0.200. The highest BCUT2D eigenvalue weighted by Crippen LogP contribution is 2.25. The van der Waals surface area contributed by atoms with Crippen LogP contribution in [0.3, 0.4) is 0 Å². The van der Waals surface area contributed by atoms with Gasteiger partial charge in [0.05, 0.1) is 13.2 Å². The van der Waals surface area contributed by atoms with Crippen LogP contribution >= 0.6 is 22.6 Å². The lowest BCUT2D eigenvalue weighted by atomic mass is 9.99. The van der Waals surface area contributed by atoms with Crippen LogP contribution < -0.4 is 16.0 Å². The minimum absolute atomic E-state index is 0.0744. The number of ether oxygens (including phenoxy) is 1. The van der Waals surface area contributed by atoms with Crippen LogP contribution in [0.2, 0.25) is 0 Å². The molecule has 0 heterocycles. The number of benzene rings is 2. The zero-order chi connectivity index (χ0) is 14.5. The lowest BCUT2D eigenvalue weighted by Gasteiger charge is -2.18. The molecular weight excluding hydrogens is 370 g/mol. The molecule has 3 nitrogen and oxygen atoms in total. The molecular formula is C15H16FIN2O. The van der Waals surface area contributed by atoms with Crippen LogP contribution in [0.1, 0.15) is 17.2 Å². The number of hydrazine groups is 1. The van der Waals surface area contributed by atoms with Crippen molar-refractivity contribution < 1.29 is 9.13 Å². The Morgan fingerprint density at radius 3 is 2.75 bits per heavy atom. The van der Waals surface area contributed by atoms with Crippen LogP contribution in [0.15, 0.2) is 42.5 Å². The summed E-state index contributed by atoms with van der Waals surface area (Å²) >= 11 is 2.12. The van der Waals surface area contributed by atoms with Crippen LogP contribution in [0.4, 0.5) is 4.39 Å². The molecule has 0 aliphatic rings. The zero-order valence-corrected chi connectivity index (χ0v) is 13.2. The minimum Gasteiger partial charge on any atom is -0.497 e. The van der Waals surface area contributed by atoms with Crippen LogP contribution in [0, 0.1) is 9.39 Å². The highest BCUT2D eigenvalue weighted by molar-refractivity contribution is 14.1. The van der Waals surface area contributed by atoms with E-state index in [4.69, 9.17) is 10.6 Å². The average Bonchev–Trinajstić information content (AvgIpc) is 2.45. The molecule has 0 fully saturated rings. The van der Waals surface area contributed by atoms with Gasteiger partial charge in [-0.3, -0.25) is 11.3 Å². The standard InChI is InChI=1S/C15H16FIN2O/c1-20-12-4-2-3-10(7-12)8-15(19-18)13-6-5-11(16)9-14(13)17/h2-7,9,15,19H,8,18H2,1H3.